The number of likely N-dealkylation sites (tertiary alicyclic amines) is 1. The van der Waals surface area contributed by atoms with Gasteiger partial charge in [-0.15, -0.1) is 0 Å². The minimum absolute atomic E-state index is 0.0297. The van der Waals surface area contributed by atoms with Crippen molar-refractivity contribution in [3.63, 3.8) is 0 Å². The Labute approximate surface area is 161 Å². The van der Waals surface area contributed by atoms with Crippen molar-refractivity contribution >= 4 is 23.2 Å². The van der Waals surface area contributed by atoms with Crippen LogP contribution in [0.2, 0.25) is 0 Å². The molecular weight excluding hydrogens is 342 g/mol. The van der Waals surface area contributed by atoms with Gasteiger partial charge in [-0.1, -0.05) is 25.5 Å². The van der Waals surface area contributed by atoms with Crippen LogP contribution in [-0.2, 0) is 14.3 Å². The van der Waals surface area contributed by atoms with Crippen LogP contribution in [0.15, 0.2) is 24.3 Å². The molecule has 27 heavy (non-hydrogen) atoms. The van der Waals surface area contributed by atoms with Crippen LogP contribution in [0.5, 0.6) is 0 Å². The molecule has 2 saturated heterocycles. The standard InChI is InChI=1S/C21H31N3O3/c1-2-3-8-20(25)24-11-9-17(10-12-24)21(26)22-18-6-4-5-7-19(18)23-13-15-27-16-14-23/h4-7,17H,2-3,8-16H2,1H3,(H,22,26). The van der Waals surface area contributed by atoms with Gasteiger partial charge in [0, 0.05) is 38.5 Å². The summed E-state index contributed by atoms with van der Waals surface area (Å²) in [7, 11) is 0. The van der Waals surface area contributed by atoms with Crippen LogP contribution in [-0.4, -0.2) is 56.1 Å². The lowest BCUT2D eigenvalue weighted by atomic mass is 9.95. The highest BCUT2D eigenvalue weighted by atomic mass is 16.5. The first-order valence-electron chi connectivity index (χ1n) is 10.2. The SMILES string of the molecule is CCCCC(=O)N1CCC(C(=O)Nc2ccccc2N2CCOCC2)CC1. The highest BCUT2D eigenvalue weighted by molar-refractivity contribution is 5.96. The molecule has 0 atom stereocenters. The fraction of sp³-hybridized carbons (Fsp3) is 0.619. The molecule has 2 aliphatic heterocycles. The summed E-state index contributed by atoms with van der Waals surface area (Å²) in [6, 6.07) is 7.97. The Morgan fingerprint density at radius 1 is 1.11 bits per heavy atom. The van der Waals surface area contributed by atoms with E-state index in [9.17, 15) is 9.59 Å². The van der Waals surface area contributed by atoms with Crippen molar-refractivity contribution < 1.29 is 14.3 Å². The molecule has 2 heterocycles. The molecular formula is C21H31N3O3. The minimum atomic E-state index is -0.0297. The summed E-state index contributed by atoms with van der Waals surface area (Å²) in [4.78, 5) is 29.1. The topological polar surface area (TPSA) is 61.9 Å². The molecule has 2 aliphatic rings. The largest absolute Gasteiger partial charge is 0.378 e. The molecule has 0 radical (unpaired) electrons. The Morgan fingerprint density at radius 2 is 1.81 bits per heavy atom. The number of carbonyl (C=O) groups excluding carboxylic acids is 2. The molecule has 0 spiro atoms. The number of morpholine rings is 1. The number of amides is 2. The maximum absolute atomic E-state index is 12.8. The van der Waals surface area contributed by atoms with Gasteiger partial charge in [-0.2, -0.15) is 0 Å². The van der Waals surface area contributed by atoms with Crippen molar-refractivity contribution in [1.82, 2.24) is 4.90 Å². The van der Waals surface area contributed by atoms with E-state index < -0.39 is 0 Å². The van der Waals surface area contributed by atoms with Crippen LogP contribution < -0.4 is 10.2 Å². The molecule has 6 nitrogen and oxygen atoms in total. The maximum Gasteiger partial charge on any atom is 0.227 e. The first-order chi connectivity index (χ1) is 13.2. The first kappa shape index (κ1) is 19.7. The van der Waals surface area contributed by atoms with Gasteiger partial charge in [0.25, 0.3) is 0 Å². The number of rotatable bonds is 6. The minimum Gasteiger partial charge on any atom is -0.378 e. The van der Waals surface area contributed by atoms with Gasteiger partial charge in [0.05, 0.1) is 24.6 Å². The fourth-order valence-corrected chi connectivity index (χ4v) is 3.77. The molecule has 0 saturated carbocycles. The molecule has 6 heteroatoms. The van der Waals surface area contributed by atoms with E-state index in [-0.39, 0.29) is 17.7 Å². The molecule has 0 aliphatic carbocycles. The van der Waals surface area contributed by atoms with Gasteiger partial charge in [-0.25, -0.2) is 0 Å². The van der Waals surface area contributed by atoms with Gasteiger partial charge in [-0.05, 0) is 31.4 Å². The predicted octanol–water partition coefficient (Wildman–Crippen LogP) is 2.89. The van der Waals surface area contributed by atoms with Gasteiger partial charge in [-0.3, -0.25) is 9.59 Å². The third-order valence-corrected chi connectivity index (χ3v) is 5.48. The van der Waals surface area contributed by atoms with Crippen LogP contribution in [0, 0.1) is 5.92 Å². The molecule has 1 aromatic carbocycles. The molecule has 0 unspecified atom stereocenters. The van der Waals surface area contributed by atoms with Crippen LogP contribution in [0.4, 0.5) is 11.4 Å². The van der Waals surface area contributed by atoms with E-state index in [0.29, 0.717) is 32.7 Å². The molecule has 1 aromatic rings. The Kier molecular flexibility index (Phi) is 7.10. The summed E-state index contributed by atoms with van der Waals surface area (Å²) in [6.45, 7) is 6.58. The first-order valence-corrected chi connectivity index (χ1v) is 10.2. The lowest BCUT2D eigenvalue weighted by molar-refractivity contribution is -0.134. The van der Waals surface area contributed by atoms with Crippen molar-refractivity contribution in [2.45, 2.75) is 39.0 Å². The summed E-state index contributed by atoms with van der Waals surface area (Å²) in [5.74, 6) is 0.266. The van der Waals surface area contributed by atoms with Gasteiger partial charge in [0.2, 0.25) is 11.8 Å². The van der Waals surface area contributed by atoms with E-state index in [1.807, 2.05) is 23.1 Å². The number of anilines is 2. The zero-order valence-electron chi connectivity index (χ0n) is 16.3. The third kappa shape index (κ3) is 5.22. The number of piperidine rings is 1. The summed E-state index contributed by atoms with van der Waals surface area (Å²) >= 11 is 0. The van der Waals surface area contributed by atoms with Crippen molar-refractivity contribution in [3.8, 4) is 0 Å². The van der Waals surface area contributed by atoms with E-state index in [0.717, 1.165) is 50.1 Å². The molecule has 0 bridgehead atoms. The Morgan fingerprint density at radius 3 is 2.52 bits per heavy atom. The number of unbranched alkanes of at least 4 members (excludes halogenated alkanes) is 1. The van der Waals surface area contributed by atoms with Crippen LogP contribution in [0.25, 0.3) is 0 Å². The number of hydrogen-bond acceptors (Lipinski definition) is 4. The van der Waals surface area contributed by atoms with E-state index in [4.69, 9.17) is 4.74 Å². The average molecular weight is 373 g/mol. The quantitative estimate of drug-likeness (QED) is 0.833. The van der Waals surface area contributed by atoms with E-state index in [1.54, 1.807) is 0 Å². The number of nitrogens with one attached hydrogen (secondary N) is 1. The summed E-state index contributed by atoms with van der Waals surface area (Å²) in [5, 5.41) is 3.13. The van der Waals surface area contributed by atoms with Crippen molar-refractivity contribution in [1.29, 1.82) is 0 Å². The molecule has 2 fully saturated rings. The van der Waals surface area contributed by atoms with Gasteiger partial charge < -0.3 is 19.9 Å². The second-order valence-corrected chi connectivity index (χ2v) is 7.36. The number of hydrogen-bond donors (Lipinski definition) is 1. The summed E-state index contributed by atoms with van der Waals surface area (Å²) in [6.07, 6.45) is 4.08. The van der Waals surface area contributed by atoms with Gasteiger partial charge >= 0.3 is 0 Å². The fourth-order valence-electron chi connectivity index (χ4n) is 3.77. The van der Waals surface area contributed by atoms with Crippen LogP contribution in [0.1, 0.15) is 39.0 Å². The highest BCUT2D eigenvalue weighted by Gasteiger charge is 2.27. The van der Waals surface area contributed by atoms with E-state index >= 15 is 0 Å². The Bertz CT molecular complexity index is 635. The Balaban J connectivity index is 1.55. The molecule has 148 valence electrons. The zero-order valence-corrected chi connectivity index (χ0v) is 16.3. The van der Waals surface area contributed by atoms with E-state index in [1.165, 1.54) is 0 Å². The number of ether oxygens (including phenoxy) is 1. The van der Waals surface area contributed by atoms with Crippen molar-refractivity contribution in [3.05, 3.63) is 24.3 Å². The van der Waals surface area contributed by atoms with Crippen molar-refractivity contribution in [2.24, 2.45) is 5.92 Å². The smallest absolute Gasteiger partial charge is 0.227 e. The molecule has 0 aromatic heterocycles. The molecule has 2 amide bonds. The van der Waals surface area contributed by atoms with Crippen molar-refractivity contribution in [2.75, 3.05) is 49.6 Å². The lowest BCUT2D eigenvalue weighted by Gasteiger charge is -2.33. The van der Waals surface area contributed by atoms with Gasteiger partial charge in [0.15, 0.2) is 0 Å². The second kappa shape index (κ2) is 9.74. The molecule has 1 N–H and O–H groups in total. The monoisotopic (exact) mass is 373 g/mol. The summed E-state index contributed by atoms with van der Waals surface area (Å²) in [5.41, 5.74) is 1.92. The van der Waals surface area contributed by atoms with Gasteiger partial charge in [0.1, 0.15) is 0 Å². The van der Waals surface area contributed by atoms with Crippen LogP contribution in [0.3, 0.4) is 0 Å². The van der Waals surface area contributed by atoms with Crippen LogP contribution >= 0.6 is 0 Å². The third-order valence-electron chi connectivity index (χ3n) is 5.48. The number of para-hydroxylation sites is 2. The zero-order chi connectivity index (χ0) is 19.1. The lowest BCUT2D eigenvalue weighted by Crippen LogP contribution is -2.41. The molecule has 3 rings (SSSR count). The van der Waals surface area contributed by atoms with E-state index in [2.05, 4.69) is 23.2 Å². The number of nitrogens with zero attached hydrogens (tertiary/aromatic N) is 2. The summed E-state index contributed by atoms with van der Waals surface area (Å²) < 4.78 is 5.43. The second-order valence-electron chi connectivity index (χ2n) is 7.36. The highest BCUT2D eigenvalue weighted by Crippen LogP contribution is 2.28. The normalized spacial score (nSPS) is 18.4. The number of carbonyl (C=O) groups is 2. The maximum atomic E-state index is 12.8. The average Bonchev–Trinajstić information content (AvgIpc) is 2.73. The Hall–Kier alpha value is -2.08. The number of benzene rings is 1. The predicted molar refractivity (Wildman–Crippen MR) is 107 cm³/mol.